The number of nitrogens with zero attached hydrogens (tertiary/aromatic N) is 2. The van der Waals surface area contributed by atoms with Gasteiger partial charge in [0.1, 0.15) is 5.75 Å². The van der Waals surface area contributed by atoms with Gasteiger partial charge in [0, 0.05) is 28.1 Å². The fraction of sp³-hybridized carbons (Fsp3) is 0.345. The lowest BCUT2D eigenvalue weighted by Gasteiger charge is -2.11. The number of carbonyl (C=O) groups is 1. The summed E-state index contributed by atoms with van der Waals surface area (Å²) in [5.41, 5.74) is 1.82. The number of carbonyl (C=O) groups excluding carboxylic acids is 1. The summed E-state index contributed by atoms with van der Waals surface area (Å²) in [5, 5.41) is 14.5. The van der Waals surface area contributed by atoms with Gasteiger partial charge in [0.15, 0.2) is 17.4 Å². The summed E-state index contributed by atoms with van der Waals surface area (Å²) in [6.45, 7) is 8.68. The number of para-hydroxylation sites is 1. The molecule has 1 fully saturated rings. The van der Waals surface area contributed by atoms with E-state index in [-0.39, 0.29) is 11.8 Å². The van der Waals surface area contributed by atoms with Crippen LogP contribution in [0.15, 0.2) is 65.7 Å². The first-order valence-corrected chi connectivity index (χ1v) is 14.0. The van der Waals surface area contributed by atoms with Crippen molar-refractivity contribution in [3.8, 4) is 11.5 Å². The molecule has 8 nitrogen and oxygen atoms in total. The number of ether oxygens (including phenoxy) is 2. The molecular formula is C29H37N5O3S. The molecule has 0 bridgehead atoms. The maximum Gasteiger partial charge on any atom is 0.227 e. The van der Waals surface area contributed by atoms with Gasteiger partial charge in [-0.1, -0.05) is 32.9 Å². The highest BCUT2D eigenvalue weighted by atomic mass is 32.2. The number of amides is 1. The Morgan fingerprint density at radius 2 is 1.82 bits per heavy atom. The monoisotopic (exact) mass is 535 g/mol. The summed E-state index contributed by atoms with van der Waals surface area (Å²) in [6.07, 6.45) is 3.91. The third kappa shape index (κ3) is 8.14. The first-order valence-electron chi connectivity index (χ1n) is 13.0. The third-order valence-corrected chi connectivity index (χ3v) is 6.30. The summed E-state index contributed by atoms with van der Waals surface area (Å²) in [6, 6.07) is 17.4. The number of nitrogens with one attached hydrogen (secondary N) is 3. The second-order valence-electron chi connectivity index (χ2n) is 8.12. The van der Waals surface area contributed by atoms with E-state index in [1.807, 2.05) is 81.6 Å². The number of aromatic amines is 1. The molecule has 0 unspecified atom stereocenters. The van der Waals surface area contributed by atoms with Crippen LogP contribution in [0.4, 0.5) is 17.3 Å². The molecule has 2 aromatic heterocycles. The van der Waals surface area contributed by atoms with Crippen LogP contribution in [0.1, 0.15) is 40.5 Å². The highest BCUT2D eigenvalue weighted by Gasteiger charge is 2.29. The van der Waals surface area contributed by atoms with Crippen molar-refractivity contribution >= 4 is 45.9 Å². The minimum Gasteiger partial charge on any atom is -0.497 e. The van der Waals surface area contributed by atoms with Crippen LogP contribution in [-0.4, -0.2) is 40.6 Å². The molecule has 202 valence electrons. The Morgan fingerprint density at radius 3 is 2.47 bits per heavy atom. The Bertz CT molecular complexity index is 1290. The van der Waals surface area contributed by atoms with Gasteiger partial charge in [-0.2, -0.15) is 5.10 Å². The number of fused-ring (bicyclic) bond motifs is 1. The molecule has 0 radical (unpaired) electrons. The van der Waals surface area contributed by atoms with E-state index >= 15 is 0 Å². The summed E-state index contributed by atoms with van der Waals surface area (Å²) < 4.78 is 10.7. The minimum absolute atomic E-state index is 0.134. The second-order valence-corrected chi connectivity index (χ2v) is 9.46. The predicted octanol–water partition coefficient (Wildman–Crippen LogP) is 7.28. The van der Waals surface area contributed by atoms with Crippen molar-refractivity contribution in [2.75, 3.05) is 30.1 Å². The fourth-order valence-electron chi connectivity index (χ4n) is 3.47. The normalized spacial score (nSPS) is 11.9. The van der Waals surface area contributed by atoms with Crippen molar-refractivity contribution in [3.63, 3.8) is 0 Å². The van der Waals surface area contributed by atoms with Gasteiger partial charge in [-0.05, 0) is 68.0 Å². The Hall–Kier alpha value is -3.72. The number of aromatic nitrogens is 3. The molecule has 3 N–H and O–H groups in total. The SMILES string of the molecule is CC.CCOc1cc(SCC)cnc1Nc1n[nH]c2ccccc12.COc1ccc(NC(=O)C2CC2)cc1. The van der Waals surface area contributed by atoms with E-state index in [0.29, 0.717) is 12.4 Å². The fourth-order valence-corrected chi connectivity index (χ4v) is 4.12. The van der Waals surface area contributed by atoms with Gasteiger partial charge in [-0.15, -0.1) is 11.8 Å². The molecule has 1 aliphatic carbocycles. The van der Waals surface area contributed by atoms with Gasteiger partial charge in [-0.3, -0.25) is 9.89 Å². The molecule has 2 heterocycles. The van der Waals surface area contributed by atoms with Crippen LogP contribution >= 0.6 is 11.8 Å². The molecule has 0 aliphatic heterocycles. The van der Waals surface area contributed by atoms with Crippen LogP contribution in [0.25, 0.3) is 10.9 Å². The number of methoxy groups -OCH3 is 1. The maximum atomic E-state index is 11.4. The van der Waals surface area contributed by atoms with Crippen LogP contribution in [0.2, 0.25) is 0 Å². The van der Waals surface area contributed by atoms with Crippen molar-refractivity contribution in [2.24, 2.45) is 5.92 Å². The number of hydrogen-bond donors (Lipinski definition) is 3. The Morgan fingerprint density at radius 1 is 1.08 bits per heavy atom. The lowest BCUT2D eigenvalue weighted by Crippen LogP contribution is -2.12. The molecule has 38 heavy (non-hydrogen) atoms. The van der Waals surface area contributed by atoms with Crippen LogP contribution < -0.4 is 20.1 Å². The standard InChI is InChI=1S/C16H18N4OS.C11H13NO2.C2H6/c1-3-21-14-9-11(22-4-2)10-17-16(14)18-15-12-7-5-6-8-13(12)19-20-15;1-14-10-6-4-9(5-7-10)12-11(13)8-2-3-8;1-2/h5-10H,3-4H2,1-2H3,(H2,17,18,19,20);4-8H,2-3H2,1H3,(H,12,13);1-2H3. The molecule has 0 spiro atoms. The molecular weight excluding hydrogens is 498 g/mol. The number of rotatable bonds is 9. The van der Waals surface area contributed by atoms with Gasteiger partial charge in [0.25, 0.3) is 0 Å². The molecule has 4 aromatic rings. The Balaban J connectivity index is 0.000000215. The minimum atomic E-state index is 0.134. The number of benzene rings is 2. The molecule has 5 rings (SSSR count). The summed E-state index contributed by atoms with van der Waals surface area (Å²) >= 11 is 1.74. The Kier molecular flexibility index (Phi) is 11.3. The Labute approximate surface area is 228 Å². The number of anilines is 3. The van der Waals surface area contributed by atoms with E-state index in [2.05, 4.69) is 32.7 Å². The van der Waals surface area contributed by atoms with Crippen molar-refractivity contribution in [3.05, 3.63) is 60.8 Å². The van der Waals surface area contributed by atoms with Crippen LogP contribution in [0.3, 0.4) is 0 Å². The summed E-state index contributed by atoms with van der Waals surface area (Å²) in [7, 11) is 1.62. The van der Waals surface area contributed by atoms with Crippen LogP contribution in [-0.2, 0) is 4.79 Å². The molecule has 2 aromatic carbocycles. The topological polar surface area (TPSA) is 101 Å². The van der Waals surface area contributed by atoms with Crippen molar-refractivity contribution in [1.29, 1.82) is 0 Å². The van der Waals surface area contributed by atoms with Gasteiger partial charge in [0.05, 0.1) is 19.2 Å². The van der Waals surface area contributed by atoms with E-state index in [9.17, 15) is 4.79 Å². The third-order valence-electron chi connectivity index (χ3n) is 5.45. The average Bonchev–Trinajstić information content (AvgIpc) is 3.74. The molecule has 1 amide bonds. The smallest absolute Gasteiger partial charge is 0.227 e. The van der Waals surface area contributed by atoms with Crippen molar-refractivity contribution in [1.82, 2.24) is 15.2 Å². The van der Waals surface area contributed by atoms with Crippen molar-refractivity contribution < 1.29 is 14.3 Å². The number of hydrogen-bond acceptors (Lipinski definition) is 7. The lowest BCUT2D eigenvalue weighted by atomic mass is 10.2. The lowest BCUT2D eigenvalue weighted by molar-refractivity contribution is -0.117. The van der Waals surface area contributed by atoms with Gasteiger partial charge in [0.2, 0.25) is 5.91 Å². The zero-order valence-corrected chi connectivity index (χ0v) is 23.5. The second kappa shape index (κ2) is 14.9. The van der Waals surface area contributed by atoms with E-state index in [1.54, 1.807) is 18.9 Å². The largest absolute Gasteiger partial charge is 0.497 e. The molecule has 0 saturated heterocycles. The van der Waals surface area contributed by atoms with Crippen LogP contribution in [0, 0.1) is 5.92 Å². The predicted molar refractivity (Wildman–Crippen MR) is 157 cm³/mol. The van der Waals surface area contributed by atoms with E-state index in [0.717, 1.165) is 57.4 Å². The maximum absolute atomic E-state index is 11.4. The van der Waals surface area contributed by atoms with Gasteiger partial charge >= 0.3 is 0 Å². The average molecular weight is 536 g/mol. The first kappa shape index (κ1) is 28.8. The zero-order valence-electron chi connectivity index (χ0n) is 22.7. The molecule has 9 heteroatoms. The number of pyridine rings is 1. The highest BCUT2D eigenvalue weighted by Crippen LogP contribution is 2.32. The van der Waals surface area contributed by atoms with Gasteiger partial charge in [-0.25, -0.2) is 4.98 Å². The quantitative estimate of drug-likeness (QED) is 0.194. The first-order chi connectivity index (χ1) is 18.6. The van der Waals surface area contributed by atoms with Crippen molar-refractivity contribution in [2.45, 2.75) is 45.4 Å². The summed E-state index contributed by atoms with van der Waals surface area (Å²) in [5.74, 6) is 4.36. The molecule has 0 atom stereocenters. The van der Waals surface area contributed by atoms with E-state index < -0.39 is 0 Å². The molecule has 1 saturated carbocycles. The molecule has 1 aliphatic rings. The highest BCUT2D eigenvalue weighted by molar-refractivity contribution is 7.99. The van der Waals surface area contributed by atoms with Gasteiger partial charge < -0.3 is 20.1 Å². The van der Waals surface area contributed by atoms with Crippen LogP contribution in [0.5, 0.6) is 11.5 Å². The zero-order chi connectivity index (χ0) is 27.3. The number of H-pyrrole nitrogens is 1. The van der Waals surface area contributed by atoms with E-state index in [4.69, 9.17) is 9.47 Å². The summed E-state index contributed by atoms with van der Waals surface area (Å²) in [4.78, 5) is 17.0. The number of thioether (sulfide) groups is 1. The van der Waals surface area contributed by atoms with E-state index in [1.165, 1.54) is 0 Å².